The van der Waals surface area contributed by atoms with Crippen LogP contribution in [0.2, 0.25) is 0 Å². The molecule has 2 rings (SSSR count). The van der Waals surface area contributed by atoms with E-state index in [4.69, 9.17) is 16.7 Å². The van der Waals surface area contributed by atoms with Crippen molar-refractivity contribution < 1.29 is 14.1 Å². The van der Waals surface area contributed by atoms with Crippen LogP contribution < -0.4 is 15.1 Å². The number of carbonyl (C=O) groups excluding carboxylic acids is 1. The third-order valence-electron chi connectivity index (χ3n) is 4.83. The number of piperazine rings is 1. The molecule has 7 nitrogen and oxygen atoms in total. The highest BCUT2D eigenvalue weighted by atomic mass is 32.1. The summed E-state index contributed by atoms with van der Waals surface area (Å²) < 4.78 is 5.38. The summed E-state index contributed by atoms with van der Waals surface area (Å²) in [5.41, 5.74) is -0.827. The lowest BCUT2D eigenvalue weighted by molar-refractivity contribution is -0.759. The second-order valence-corrected chi connectivity index (χ2v) is 8.97. The second kappa shape index (κ2) is 8.00. The molecule has 8 heteroatoms. The van der Waals surface area contributed by atoms with E-state index in [0.29, 0.717) is 17.3 Å². The summed E-state index contributed by atoms with van der Waals surface area (Å²) in [6.45, 7) is 16.8. The molecule has 0 spiro atoms. The minimum atomic E-state index is -0.454. The number of nitrogens with one attached hydrogen (secondary N) is 1. The smallest absolute Gasteiger partial charge is 0.304 e. The van der Waals surface area contributed by atoms with Crippen LogP contribution in [0.4, 0.5) is 5.88 Å². The average Bonchev–Trinajstić information content (AvgIpc) is 3.02. The number of hydrogen-bond acceptors (Lipinski definition) is 6. The SMILES string of the molecule is CCN1CCN([n+]2cc(NC(=S)C(C)(C)CC(=O)C(C)(C)C)on2)CC1. The molecule has 0 bridgehead atoms. The topological polar surface area (TPSA) is 65.5 Å². The molecule has 146 valence electrons. The summed E-state index contributed by atoms with van der Waals surface area (Å²) in [4.78, 5) is 17.1. The van der Waals surface area contributed by atoms with Crippen LogP contribution >= 0.6 is 12.2 Å². The quantitative estimate of drug-likeness (QED) is 0.596. The van der Waals surface area contributed by atoms with Gasteiger partial charge in [-0.2, -0.15) is 5.01 Å². The Morgan fingerprint density at radius 1 is 1.27 bits per heavy atom. The summed E-state index contributed by atoms with van der Waals surface area (Å²) in [6.07, 6.45) is 2.19. The Labute approximate surface area is 161 Å². The Balaban J connectivity index is 1.95. The number of ketones is 1. The summed E-state index contributed by atoms with van der Waals surface area (Å²) in [6, 6.07) is 0. The first-order chi connectivity index (χ1) is 12.0. The van der Waals surface area contributed by atoms with Crippen molar-refractivity contribution in [2.75, 3.05) is 43.0 Å². The molecule has 1 fully saturated rings. The summed E-state index contributed by atoms with van der Waals surface area (Å²) in [7, 11) is 0. The lowest BCUT2D eigenvalue weighted by Crippen LogP contribution is -2.65. The van der Waals surface area contributed by atoms with Crippen molar-refractivity contribution in [2.45, 2.75) is 48.0 Å². The van der Waals surface area contributed by atoms with E-state index >= 15 is 0 Å². The highest BCUT2D eigenvalue weighted by Gasteiger charge is 2.33. The number of rotatable bonds is 6. The Kier molecular flexibility index (Phi) is 6.39. The van der Waals surface area contributed by atoms with Crippen LogP contribution in [0.25, 0.3) is 0 Å². The summed E-state index contributed by atoms with van der Waals surface area (Å²) in [5, 5.41) is 9.33. The van der Waals surface area contributed by atoms with E-state index in [0.717, 1.165) is 32.7 Å². The molecule has 0 aromatic carbocycles. The zero-order valence-corrected chi connectivity index (χ0v) is 17.7. The van der Waals surface area contributed by atoms with Crippen LogP contribution in [-0.4, -0.2) is 53.7 Å². The van der Waals surface area contributed by atoms with Gasteiger partial charge in [-0.05, 0) is 6.54 Å². The molecular formula is C18H32N5O2S+. The van der Waals surface area contributed by atoms with Crippen LogP contribution in [0, 0.1) is 10.8 Å². The molecule has 0 saturated carbocycles. The van der Waals surface area contributed by atoms with Crippen LogP contribution in [-0.2, 0) is 4.79 Å². The maximum Gasteiger partial charge on any atom is 0.304 e. The first-order valence-electron chi connectivity index (χ1n) is 9.24. The number of Topliss-reactive ketones (excluding diaryl/α,β-unsaturated/α-hetero) is 1. The number of anilines is 1. The van der Waals surface area contributed by atoms with E-state index < -0.39 is 5.41 Å². The molecule has 1 aliphatic heterocycles. The van der Waals surface area contributed by atoms with E-state index in [1.165, 1.54) is 0 Å². The van der Waals surface area contributed by atoms with E-state index in [-0.39, 0.29) is 11.2 Å². The van der Waals surface area contributed by atoms with Gasteiger partial charge in [0.25, 0.3) is 6.20 Å². The normalized spacial score (nSPS) is 16.6. The predicted octanol–water partition coefficient (Wildman–Crippen LogP) is 2.01. The lowest BCUT2D eigenvalue weighted by atomic mass is 9.79. The maximum atomic E-state index is 12.4. The summed E-state index contributed by atoms with van der Waals surface area (Å²) >= 11 is 5.53. The van der Waals surface area contributed by atoms with E-state index in [9.17, 15) is 4.79 Å². The van der Waals surface area contributed by atoms with Gasteiger partial charge in [0.2, 0.25) is 5.27 Å². The van der Waals surface area contributed by atoms with Crippen LogP contribution in [0.1, 0.15) is 48.0 Å². The fourth-order valence-corrected chi connectivity index (χ4v) is 2.89. The van der Waals surface area contributed by atoms with Gasteiger partial charge in [-0.3, -0.25) is 14.2 Å². The standard InChI is InChI=1S/C18H31N5O2S/c1-7-21-8-10-22(11-9-21)23-13-15(25-20-23)19-16(26)18(5,6)12-14(24)17(2,3)4/h13H,7-12H2,1-6H3/p+1. The fourth-order valence-electron chi connectivity index (χ4n) is 2.71. The minimum Gasteiger partial charge on any atom is -0.312 e. The fraction of sp³-hybridized carbons (Fsp3) is 0.778. The predicted molar refractivity (Wildman–Crippen MR) is 106 cm³/mol. The highest BCUT2D eigenvalue weighted by Crippen LogP contribution is 2.29. The van der Waals surface area contributed by atoms with Gasteiger partial charge in [-0.1, -0.05) is 53.8 Å². The van der Waals surface area contributed by atoms with Gasteiger partial charge in [-0.25, -0.2) is 0 Å². The molecule has 26 heavy (non-hydrogen) atoms. The molecule has 0 amide bonds. The number of likely N-dealkylation sites (N-methyl/N-ethyl adjacent to an activating group) is 1. The van der Waals surface area contributed by atoms with E-state index in [1.807, 2.05) is 34.6 Å². The van der Waals surface area contributed by atoms with E-state index in [1.54, 1.807) is 11.0 Å². The van der Waals surface area contributed by atoms with Gasteiger partial charge in [0.1, 0.15) is 5.78 Å². The van der Waals surface area contributed by atoms with Gasteiger partial charge in [0, 0.05) is 30.3 Å². The monoisotopic (exact) mass is 382 g/mol. The first-order valence-corrected chi connectivity index (χ1v) is 9.65. The van der Waals surface area contributed by atoms with Crippen molar-refractivity contribution in [1.29, 1.82) is 0 Å². The molecule has 1 saturated heterocycles. The minimum absolute atomic E-state index is 0.188. The molecule has 0 radical (unpaired) electrons. The molecule has 2 heterocycles. The molecule has 0 atom stereocenters. The molecule has 1 aromatic rings. The van der Waals surface area contributed by atoms with Crippen molar-refractivity contribution in [3.05, 3.63) is 6.20 Å². The molecule has 1 aliphatic rings. The van der Waals surface area contributed by atoms with Gasteiger partial charge in [-0.15, -0.1) is 0 Å². The van der Waals surface area contributed by atoms with Crippen molar-refractivity contribution >= 4 is 28.9 Å². The third-order valence-corrected chi connectivity index (χ3v) is 5.49. The van der Waals surface area contributed by atoms with Crippen LogP contribution in [0.5, 0.6) is 0 Å². The van der Waals surface area contributed by atoms with Gasteiger partial charge < -0.3 is 5.32 Å². The Morgan fingerprint density at radius 3 is 2.42 bits per heavy atom. The molecule has 0 aliphatic carbocycles. The first kappa shape index (κ1) is 20.8. The number of carbonyl (C=O) groups is 1. The van der Waals surface area contributed by atoms with E-state index in [2.05, 4.69) is 27.4 Å². The second-order valence-electron chi connectivity index (χ2n) is 8.56. The number of thiocarbonyl (C=S) groups is 1. The molecular weight excluding hydrogens is 350 g/mol. The van der Waals surface area contributed by atoms with Crippen molar-refractivity contribution in [3.8, 4) is 0 Å². The zero-order valence-electron chi connectivity index (χ0n) is 16.8. The Bertz CT molecular complexity index is 642. The lowest BCUT2D eigenvalue weighted by Gasteiger charge is -2.28. The molecule has 1 aromatic heterocycles. The van der Waals surface area contributed by atoms with Gasteiger partial charge in [0.05, 0.1) is 22.9 Å². The number of hydrogen-bond donors (Lipinski definition) is 1. The Hall–Kier alpha value is -1.54. The summed E-state index contributed by atoms with van der Waals surface area (Å²) in [5.74, 6) is 0.678. The van der Waals surface area contributed by atoms with Crippen molar-refractivity contribution in [3.63, 3.8) is 0 Å². The van der Waals surface area contributed by atoms with Crippen molar-refractivity contribution in [2.24, 2.45) is 10.8 Å². The highest BCUT2D eigenvalue weighted by molar-refractivity contribution is 7.80. The number of nitrogens with zero attached hydrogens (tertiary/aromatic N) is 4. The van der Waals surface area contributed by atoms with Gasteiger partial charge >= 0.3 is 5.88 Å². The van der Waals surface area contributed by atoms with Gasteiger partial charge in [0.15, 0.2) is 0 Å². The zero-order chi connectivity index (χ0) is 19.5. The van der Waals surface area contributed by atoms with Crippen LogP contribution in [0.15, 0.2) is 10.7 Å². The maximum absolute atomic E-state index is 12.4. The third kappa shape index (κ3) is 5.23. The average molecular weight is 383 g/mol. The molecule has 1 N–H and O–H groups in total. The Morgan fingerprint density at radius 2 is 1.88 bits per heavy atom. The number of aromatic nitrogens is 2. The molecule has 0 unspecified atom stereocenters. The van der Waals surface area contributed by atoms with Crippen molar-refractivity contribution in [1.82, 2.24) is 10.2 Å². The largest absolute Gasteiger partial charge is 0.312 e. The van der Waals surface area contributed by atoms with Crippen LogP contribution in [0.3, 0.4) is 0 Å².